The number of nitrogens with two attached hydrogens (primary N) is 1. The van der Waals surface area contributed by atoms with Crippen molar-refractivity contribution in [3.63, 3.8) is 0 Å². The van der Waals surface area contributed by atoms with Crippen LogP contribution in [0.3, 0.4) is 0 Å². The summed E-state index contributed by atoms with van der Waals surface area (Å²) in [4.78, 5) is 35.2. The lowest BCUT2D eigenvalue weighted by atomic mass is 10.1. The maximum atomic E-state index is 12.7. The Kier molecular flexibility index (Phi) is 58.0. The number of phosphoric ester groups is 1. The highest BCUT2D eigenvalue weighted by Crippen LogP contribution is 2.43. The molecule has 440 valence electrons. The van der Waals surface area contributed by atoms with E-state index in [9.17, 15) is 19.0 Å². The van der Waals surface area contributed by atoms with Crippen LogP contribution in [0.1, 0.15) is 194 Å². The quantitative estimate of drug-likeness (QED) is 0.0264. The number of esters is 2. The second-order valence-corrected chi connectivity index (χ2v) is 20.2. The number of rotatable bonds is 53. The van der Waals surface area contributed by atoms with Crippen LogP contribution in [-0.4, -0.2) is 49.3 Å². The molecule has 0 amide bonds. The van der Waals surface area contributed by atoms with E-state index in [-0.39, 0.29) is 32.6 Å². The second kappa shape index (κ2) is 62.1. The molecule has 0 aromatic carbocycles. The van der Waals surface area contributed by atoms with Gasteiger partial charge in [0.25, 0.3) is 0 Å². The van der Waals surface area contributed by atoms with E-state index >= 15 is 0 Å². The van der Waals surface area contributed by atoms with Crippen LogP contribution in [0.4, 0.5) is 0 Å². The first-order valence-corrected chi connectivity index (χ1v) is 31.4. The molecule has 0 heterocycles. The Balaban J connectivity index is 4.18. The van der Waals surface area contributed by atoms with Crippen molar-refractivity contribution in [1.29, 1.82) is 0 Å². The normalized spacial score (nSPS) is 14.4. The molecule has 0 fully saturated rings. The maximum Gasteiger partial charge on any atom is 0.472 e. The van der Waals surface area contributed by atoms with Crippen molar-refractivity contribution in [2.75, 3.05) is 26.4 Å². The Morgan fingerprint density at radius 3 is 1.01 bits per heavy atom. The summed E-state index contributed by atoms with van der Waals surface area (Å²) >= 11 is 0. The van der Waals surface area contributed by atoms with E-state index < -0.39 is 32.5 Å². The van der Waals surface area contributed by atoms with Gasteiger partial charge in [-0.25, -0.2) is 4.57 Å². The Labute approximate surface area is 481 Å². The number of hydrogen-bond acceptors (Lipinski definition) is 8. The molecule has 0 rings (SSSR count). The van der Waals surface area contributed by atoms with E-state index in [1.165, 1.54) is 19.3 Å². The minimum absolute atomic E-state index is 0.0305. The average molecular weight is 1110 g/mol. The summed E-state index contributed by atoms with van der Waals surface area (Å²) in [5.41, 5.74) is 5.38. The van der Waals surface area contributed by atoms with Crippen molar-refractivity contribution in [3.05, 3.63) is 194 Å². The molecular weight excluding hydrogens is 1000 g/mol. The monoisotopic (exact) mass is 1110 g/mol. The average Bonchev–Trinajstić information content (AvgIpc) is 3.44. The first-order chi connectivity index (χ1) is 38.8. The highest BCUT2D eigenvalue weighted by atomic mass is 31.2. The fourth-order valence-corrected chi connectivity index (χ4v) is 7.91. The van der Waals surface area contributed by atoms with Crippen LogP contribution >= 0.6 is 7.82 Å². The summed E-state index contributed by atoms with van der Waals surface area (Å²) in [5, 5.41) is 0. The predicted molar refractivity (Wildman–Crippen MR) is 338 cm³/mol. The lowest BCUT2D eigenvalue weighted by Gasteiger charge is -2.19. The number of carbonyl (C=O) groups is 2. The van der Waals surface area contributed by atoms with Gasteiger partial charge in [-0.3, -0.25) is 18.6 Å². The molecule has 0 radical (unpaired) electrons. The summed E-state index contributed by atoms with van der Waals surface area (Å²) < 4.78 is 33.0. The molecule has 0 aliphatic heterocycles. The lowest BCUT2D eigenvalue weighted by Crippen LogP contribution is -2.29. The number of unbranched alkanes of at least 4 members (excludes halogenated alkanes) is 8. The van der Waals surface area contributed by atoms with Gasteiger partial charge in [0.1, 0.15) is 6.61 Å². The van der Waals surface area contributed by atoms with Crippen LogP contribution in [0.25, 0.3) is 0 Å². The third kappa shape index (κ3) is 61.9. The molecule has 10 heteroatoms. The standard InChI is InChI=1S/C69H106NO8P/c1-3-5-7-9-11-13-15-17-19-21-23-25-27-29-31-33-35-37-39-41-43-45-47-49-51-53-55-57-59-61-68(71)75-65-67(66-77-79(73,74)76-64-63-70)78-69(72)62-60-58-56-54-52-50-48-46-44-42-40-38-36-34-32-30-28-26-24-22-20-18-16-14-12-10-8-6-4-2/h5-8,11-14,17-20,23-26,29-32,35-38,41-44,48,50,54,56,67H,3-4,9-10,15-16,21-22,27-28,33-34,39-40,45-47,49,51-53,55,57-66,70H2,1-2H3,(H,73,74)/b7-5-,8-6-,13-11-,14-12-,19-17-,20-18-,25-23-,26-24-,31-29-,32-30-,37-35-,38-36-,43-41-,44-42-,50-48-,56-54-. The van der Waals surface area contributed by atoms with Gasteiger partial charge in [-0.15, -0.1) is 0 Å². The Bertz CT molecular complexity index is 1990. The molecule has 0 saturated carbocycles. The van der Waals surface area contributed by atoms with Gasteiger partial charge in [-0.1, -0.05) is 240 Å². The molecule has 0 spiro atoms. The summed E-state index contributed by atoms with van der Waals surface area (Å²) in [6.07, 6.45) is 94.9. The van der Waals surface area contributed by atoms with Gasteiger partial charge in [-0.2, -0.15) is 0 Å². The third-order valence-electron chi connectivity index (χ3n) is 11.5. The fraction of sp³-hybridized carbons (Fsp3) is 0.507. The van der Waals surface area contributed by atoms with E-state index in [1.54, 1.807) is 0 Å². The number of phosphoric acid groups is 1. The Morgan fingerprint density at radius 2 is 0.671 bits per heavy atom. The number of hydrogen-bond donors (Lipinski definition) is 2. The van der Waals surface area contributed by atoms with Crippen LogP contribution in [0, 0.1) is 0 Å². The maximum absolute atomic E-state index is 12.7. The van der Waals surface area contributed by atoms with Gasteiger partial charge in [-0.05, 0) is 135 Å². The highest BCUT2D eigenvalue weighted by Gasteiger charge is 2.26. The first-order valence-electron chi connectivity index (χ1n) is 29.9. The molecule has 0 aliphatic rings. The first kappa shape index (κ1) is 73.8. The SMILES string of the molecule is CC/C=C\C/C=C\C/C=C\C/C=C\C/C=C\C/C=C\C/C=C\C/C=C\C/C=C\CCCC(=O)OC(COC(=O)CCCCCCCCC/C=C\C/C=C\C/C=C\C/C=C\C/C=C\C/C=C\C/C=C\CC)COP(=O)(O)OCCN. The molecule has 9 nitrogen and oxygen atoms in total. The molecule has 0 aromatic rings. The second-order valence-electron chi connectivity index (χ2n) is 18.7. The summed E-state index contributed by atoms with van der Waals surface area (Å²) in [7, 11) is -4.43. The van der Waals surface area contributed by atoms with Crippen LogP contribution < -0.4 is 5.73 Å². The number of allylic oxidation sites excluding steroid dienone is 32. The number of ether oxygens (including phenoxy) is 2. The minimum atomic E-state index is -4.43. The topological polar surface area (TPSA) is 134 Å². The van der Waals surface area contributed by atoms with Crippen LogP contribution in [0.5, 0.6) is 0 Å². The summed E-state index contributed by atoms with van der Waals surface area (Å²) in [5.74, 6) is -0.930. The largest absolute Gasteiger partial charge is 0.472 e. The smallest absolute Gasteiger partial charge is 0.462 e. The van der Waals surface area contributed by atoms with Gasteiger partial charge in [0, 0.05) is 19.4 Å². The van der Waals surface area contributed by atoms with Crippen molar-refractivity contribution in [2.24, 2.45) is 5.73 Å². The van der Waals surface area contributed by atoms with Crippen molar-refractivity contribution in [2.45, 2.75) is 200 Å². The fourth-order valence-electron chi connectivity index (χ4n) is 7.14. The van der Waals surface area contributed by atoms with E-state index in [0.717, 1.165) is 128 Å². The van der Waals surface area contributed by atoms with Gasteiger partial charge in [0.2, 0.25) is 0 Å². The number of carbonyl (C=O) groups excluding carboxylic acids is 2. The zero-order valence-corrected chi connectivity index (χ0v) is 49.9. The van der Waals surface area contributed by atoms with Crippen molar-refractivity contribution in [1.82, 2.24) is 0 Å². The van der Waals surface area contributed by atoms with Crippen LogP contribution in [0.2, 0.25) is 0 Å². The Morgan fingerprint density at radius 1 is 0.380 bits per heavy atom. The molecule has 2 atom stereocenters. The van der Waals surface area contributed by atoms with Crippen molar-refractivity contribution < 1.29 is 37.6 Å². The molecule has 2 unspecified atom stereocenters. The minimum Gasteiger partial charge on any atom is -0.462 e. The van der Waals surface area contributed by atoms with Gasteiger partial charge in [0.15, 0.2) is 6.10 Å². The molecular formula is C69H106NO8P. The molecule has 0 aliphatic carbocycles. The van der Waals surface area contributed by atoms with E-state index in [2.05, 4.69) is 202 Å². The lowest BCUT2D eigenvalue weighted by molar-refractivity contribution is -0.161. The molecule has 0 bridgehead atoms. The van der Waals surface area contributed by atoms with E-state index in [1.807, 2.05) is 6.08 Å². The highest BCUT2D eigenvalue weighted by molar-refractivity contribution is 7.47. The van der Waals surface area contributed by atoms with Gasteiger partial charge in [0.05, 0.1) is 13.2 Å². The zero-order valence-electron chi connectivity index (χ0n) is 49.0. The third-order valence-corrected chi connectivity index (χ3v) is 12.5. The van der Waals surface area contributed by atoms with E-state index in [4.69, 9.17) is 24.3 Å². The molecule has 79 heavy (non-hydrogen) atoms. The predicted octanol–water partition coefficient (Wildman–Crippen LogP) is 19.4. The summed E-state index contributed by atoms with van der Waals surface area (Å²) in [6, 6.07) is 0. The van der Waals surface area contributed by atoms with Gasteiger partial charge < -0.3 is 20.1 Å². The molecule has 0 aromatic heterocycles. The van der Waals surface area contributed by atoms with Crippen LogP contribution in [-0.2, 0) is 32.7 Å². The van der Waals surface area contributed by atoms with E-state index in [0.29, 0.717) is 19.3 Å². The summed E-state index contributed by atoms with van der Waals surface area (Å²) in [6.45, 7) is 3.40. The zero-order chi connectivity index (χ0) is 57.3. The van der Waals surface area contributed by atoms with Crippen LogP contribution in [0.15, 0.2) is 194 Å². The van der Waals surface area contributed by atoms with Crippen molar-refractivity contribution in [3.8, 4) is 0 Å². The molecule has 0 saturated heterocycles. The molecule has 3 N–H and O–H groups in total. The Hall–Kier alpha value is -5.15. The van der Waals surface area contributed by atoms with Gasteiger partial charge >= 0.3 is 19.8 Å². The van der Waals surface area contributed by atoms with Crippen molar-refractivity contribution >= 4 is 19.8 Å².